The van der Waals surface area contributed by atoms with Crippen LogP contribution in [0.1, 0.15) is 48.0 Å². The number of likely N-dealkylation sites (N-methyl/N-ethyl adjacent to an activating group) is 1. The van der Waals surface area contributed by atoms with Gasteiger partial charge in [0.25, 0.3) is 5.91 Å². The number of nitrogens with one attached hydrogen (secondary N) is 1. The third-order valence-corrected chi connectivity index (χ3v) is 6.67. The first-order chi connectivity index (χ1) is 14.4. The predicted molar refractivity (Wildman–Crippen MR) is 123 cm³/mol. The minimum Gasteiger partial charge on any atom is -0.322 e. The van der Waals surface area contributed by atoms with Crippen molar-refractivity contribution in [3.63, 3.8) is 0 Å². The van der Waals surface area contributed by atoms with Gasteiger partial charge in [0, 0.05) is 16.8 Å². The van der Waals surface area contributed by atoms with Gasteiger partial charge in [-0.05, 0) is 75.2 Å². The monoisotopic (exact) mass is 428 g/mol. The van der Waals surface area contributed by atoms with Crippen LogP contribution in [0.2, 0.25) is 5.02 Å². The summed E-state index contributed by atoms with van der Waals surface area (Å²) in [5.74, 6) is -0.260. The van der Waals surface area contributed by atoms with Crippen LogP contribution in [-0.2, 0) is 6.42 Å². The largest absolute Gasteiger partial charge is 0.322 e. The summed E-state index contributed by atoms with van der Waals surface area (Å²) in [6.45, 7) is 4.19. The molecule has 5 heteroatoms. The molecule has 0 aromatic heterocycles. The Bertz CT molecular complexity index is 891. The molecule has 0 bridgehead atoms. The molecule has 1 aliphatic carbocycles. The van der Waals surface area contributed by atoms with Gasteiger partial charge in [-0.1, -0.05) is 49.1 Å². The molecule has 3 nitrogen and oxygen atoms in total. The Hall–Kier alpha value is -2.17. The van der Waals surface area contributed by atoms with E-state index in [4.69, 9.17) is 11.6 Å². The first-order valence-corrected chi connectivity index (χ1v) is 10.9. The van der Waals surface area contributed by atoms with E-state index in [1.807, 2.05) is 12.1 Å². The van der Waals surface area contributed by atoms with E-state index in [2.05, 4.69) is 49.1 Å². The summed E-state index contributed by atoms with van der Waals surface area (Å²) < 4.78 is 13.3. The van der Waals surface area contributed by atoms with Gasteiger partial charge in [0.2, 0.25) is 0 Å². The molecule has 2 aromatic rings. The molecule has 160 valence electrons. The zero-order valence-corrected chi connectivity index (χ0v) is 18.5. The maximum absolute atomic E-state index is 13.3. The van der Waals surface area contributed by atoms with Crippen molar-refractivity contribution in [1.82, 2.24) is 4.90 Å². The number of carbonyl (C=O) groups is 1. The SMILES string of the molecule is C=CC(Cc1ccc(NC(=O)c2ccc(F)c(Cl)c2)cc1)(C1CCCCC1)N(C)C. The molecule has 30 heavy (non-hydrogen) atoms. The zero-order chi connectivity index (χ0) is 21.7. The second kappa shape index (κ2) is 9.76. The molecular formula is C25H30ClFN2O. The van der Waals surface area contributed by atoms with Crippen LogP contribution in [0.4, 0.5) is 10.1 Å². The van der Waals surface area contributed by atoms with Gasteiger partial charge < -0.3 is 5.32 Å². The number of anilines is 1. The number of benzene rings is 2. The Morgan fingerprint density at radius 1 is 1.20 bits per heavy atom. The molecule has 1 saturated carbocycles. The van der Waals surface area contributed by atoms with Gasteiger partial charge in [-0.25, -0.2) is 4.39 Å². The molecule has 1 fully saturated rings. The number of nitrogens with zero attached hydrogens (tertiary/aromatic N) is 1. The van der Waals surface area contributed by atoms with Gasteiger partial charge in [-0.3, -0.25) is 9.69 Å². The lowest BCUT2D eigenvalue weighted by Crippen LogP contribution is -2.51. The summed E-state index contributed by atoms with van der Waals surface area (Å²) >= 11 is 5.78. The zero-order valence-electron chi connectivity index (χ0n) is 17.8. The first kappa shape index (κ1) is 22.5. The first-order valence-electron chi connectivity index (χ1n) is 10.5. The lowest BCUT2D eigenvalue weighted by atomic mass is 9.71. The molecule has 1 unspecified atom stereocenters. The Kier molecular flexibility index (Phi) is 7.32. The highest BCUT2D eigenvalue weighted by Crippen LogP contribution is 2.39. The molecule has 1 N–H and O–H groups in total. The third kappa shape index (κ3) is 4.93. The topological polar surface area (TPSA) is 32.3 Å². The van der Waals surface area contributed by atoms with Crippen molar-refractivity contribution in [3.05, 3.63) is 77.1 Å². The van der Waals surface area contributed by atoms with Crippen LogP contribution in [0.25, 0.3) is 0 Å². The summed E-state index contributed by atoms with van der Waals surface area (Å²) in [6.07, 6.45) is 9.37. The van der Waals surface area contributed by atoms with Crippen LogP contribution in [0.3, 0.4) is 0 Å². The Balaban J connectivity index is 1.72. The van der Waals surface area contributed by atoms with E-state index in [0.29, 0.717) is 17.2 Å². The summed E-state index contributed by atoms with van der Waals surface area (Å²) in [6, 6.07) is 11.9. The van der Waals surface area contributed by atoms with E-state index in [1.165, 1.54) is 55.9 Å². The number of halogens is 2. The Labute approximate surface area is 183 Å². The van der Waals surface area contributed by atoms with Gasteiger partial charge in [-0.15, -0.1) is 6.58 Å². The fraction of sp³-hybridized carbons (Fsp3) is 0.400. The summed E-state index contributed by atoms with van der Waals surface area (Å²) in [5, 5.41) is 2.78. The van der Waals surface area contributed by atoms with Crippen molar-refractivity contribution in [2.24, 2.45) is 5.92 Å². The normalized spacial score (nSPS) is 16.8. The lowest BCUT2D eigenvalue weighted by Gasteiger charge is -2.46. The Morgan fingerprint density at radius 3 is 2.43 bits per heavy atom. The minimum absolute atomic E-state index is 0.0647. The average molecular weight is 429 g/mol. The van der Waals surface area contributed by atoms with Crippen LogP contribution < -0.4 is 5.32 Å². The quantitative estimate of drug-likeness (QED) is 0.522. The van der Waals surface area contributed by atoms with E-state index < -0.39 is 5.82 Å². The van der Waals surface area contributed by atoms with Crippen LogP contribution in [-0.4, -0.2) is 30.4 Å². The number of amides is 1. The predicted octanol–water partition coefficient (Wildman–Crippen LogP) is 6.34. The molecule has 0 radical (unpaired) electrons. The van der Waals surface area contributed by atoms with Crippen molar-refractivity contribution in [2.75, 3.05) is 19.4 Å². The molecule has 3 rings (SSSR count). The van der Waals surface area contributed by atoms with Crippen LogP contribution >= 0.6 is 11.6 Å². The molecule has 2 aromatic carbocycles. The average Bonchev–Trinajstić information content (AvgIpc) is 2.75. The molecule has 0 saturated heterocycles. The van der Waals surface area contributed by atoms with Crippen LogP contribution in [0.15, 0.2) is 55.1 Å². The van der Waals surface area contributed by atoms with Gasteiger partial charge in [0.15, 0.2) is 0 Å². The fourth-order valence-corrected chi connectivity index (χ4v) is 4.75. The molecular weight excluding hydrogens is 399 g/mol. The van der Waals surface area contributed by atoms with Crippen molar-refractivity contribution in [3.8, 4) is 0 Å². The van der Waals surface area contributed by atoms with Crippen molar-refractivity contribution < 1.29 is 9.18 Å². The molecule has 0 aliphatic heterocycles. The fourth-order valence-electron chi connectivity index (χ4n) is 4.57. The number of rotatable bonds is 7. The molecule has 1 aliphatic rings. The number of carbonyl (C=O) groups excluding carboxylic acids is 1. The van der Waals surface area contributed by atoms with Crippen molar-refractivity contribution >= 4 is 23.2 Å². The van der Waals surface area contributed by atoms with Gasteiger partial charge >= 0.3 is 0 Å². The van der Waals surface area contributed by atoms with Crippen LogP contribution in [0.5, 0.6) is 0 Å². The van der Waals surface area contributed by atoms with E-state index in [9.17, 15) is 9.18 Å². The van der Waals surface area contributed by atoms with Gasteiger partial charge in [-0.2, -0.15) is 0 Å². The number of hydrogen-bond donors (Lipinski definition) is 1. The highest BCUT2D eigenvalue weighted by Gasteiger charge is 2.38. The molecule has 0 spiro atoms. The van der Waals surface area contributed by atoms with Gasteiger partial charge in [0.1, 0.15) is 5.82 Å². The Morgan fingerprint density at radius 2 is 1.87 bits per heavy atom. The van der Waals surface area contributed by atoms with Crippen LogP contribution in [0, 0.1) is 11.7 Å². The summed E-state index contributed by atoms with van der Waals surface area (Å²) in [5.41, 5.74) is 2.14. The lowest BCUT2D eigenvalue weighted by molar-refractivity contribution is 0.0987. The summed E-state index contributed by atoms with van der Waals surface area (Å²) in [7, 11) is 4.28. The third-order valence-electron chi connectivity index (χ3n) is 6.38. The molecule has 0 heterocycles. The standard InChI is InChI=1S/C25H30ClFN2O/c1-4-25(29(2)3,20-8-6-5-7-9-20)17-18-10-13-21(14-11-18)28-24(30)19-12-15-23(27)22(26)16-19/h4,10-16,20H,1,5-9,17H2,2-3H3,(H,28,30). The van der Waals surface area contributed by atoms with E-state index in [-0.39, 0.29) is 16.5 Å². The minimum atomic E-state index is -0.540. The van der Waals surface area contributed by atoms with Gasteiger partial charge in [0.05, 0.1) is 5.02 Å². The second-order valence-corrected chi connectivity index (χ2v) is 8.79. The van der Waals surface area contributed by atoms with E-state index in [1.54, 1.807) is 0 Å². The van der Waals surface area contributed by atoms with E-state index in [0.717, 1.165) is 6.42 Å². The highest BCUT2D eigenvalue weighted by atomic mass is 35.5. The smallest absolute Gasteiger partial charge is 0.255 e. The van der Waals surface area contributed by atoms with E-state index >= 15 is 0 Å². The maximum atomic E-state index is 13.3. The second-order valence-electron chi connectivity index (χ2n) is 8.38. The molecule has 1 amide bonds. The van der Waals surface area contributed by atoms with Crippen molar-refractivity contribution in [2.45, 2.75) is 44.1 Å². The summed E-state index contributed by atoms with van der Waals surface area (Å²) in [4.78, 5) is 14.7. The maximum Gasteiger partial charge on any atom is 0.255 e. The molecule has 1 atom stereocenters. The highest BCUT2D eigenvalue weighted by molar-refractivity contribution is 6.31. The number of hydrogen-bond acceptors (Lipinski definition) is 2. The van der Waals surface area contributed by atoms with Crippen molar-refractivity contribution in [1.29, 1.82) is 0 Å².